The number of rotatable bonds is 8. The third-order valence-electron chi connectivity index (χ3n) is 5.52. The SMILES string of the molecule is CCOC(=O)C1(c2ccc(NC(=O)OC(C)(C)C)c(C(=O)C(=O)NC(C)CC)c2)CCC1. The van der Waals surface area contributed by atoms with Crippen LogP contribution in [0, 0.1) is 0 Å². The fourth-order valence-electron chi connectivity index (χ4n) is 3.48. The number of benzene rings is 1. The number of anilines is 1. The minimum absolute atomic E-state index is 0.00438. The quantitative estimate of drug-likeness (QED) is 0.353. The Morgan fingerprint density at radius 1 is 1.12 bits per heavy atom. The van der Waals surface area contributed by atoms with Crippen molar-refractivity contribution in [2.75, 3.05) is 11.9 Å². The number of carbonyl (C=O) groups is 4. The number of amides is 2. The van der Waals surface area contributed by atoms with E-state index < -0.39 is 28.8 Å². The van der Waals surface area contributed by atoms with Gasteiger partial charge in [0.1, 0.15) is 5.60 Å². The number of hydrogen-bond acceptors (Lipinski definition) is 6. The second-order valence-corrected chi connectivity index (χ2v) is 9.16. The fourth-order valence-corrected chi connectivity index (χ4v) is 3.48. The first-order chi connectivity index (χ1) is 14.9. The molecule has 2 N–H and O–H groups in total. The van der Waals surface area contributed by atoms with Crippen LogP contribution in [0.25, 0.3) is 0 Å². The molecular formula is C24H34N2O6. The van der Waals surface area contributed by atoms with E-state index in [1.54, 1.807) is 40.7 Å². The molecule has 0 saturated heterocycles. The lowest BCUT2D eigenvalue weighted by molar-refractivity contribution is -0.153. The van der Waals surface area contributed by atoms with E-state index in [9.17, 15) is 19.2 Å². The van der Waals surface area contributed by atoms with E-state index in [0.29, 0.717) is 24.8 Å². The zero-order valence-corrected chi connectivity index (χ0v) is 19.8. The van der Waals surface area contributed by atoms with Crippen LogP contribution in [0.4, 0.5) is 10.5 Å². The molecule has 1 atom stereocenters. The van der Waals surface area contributed by atoms with E-state index in [2.05, 4.69) is 10.6 Å². The van der Waals surface area contributed by atoms with Gasteiger partial charge in [-0.25, -0.2) is 4.79 Å². The molecule has 0 bridgehead atoms. The zero-order chi connectivity index (χ0) is 24.1. The summed E-state index contributed by atoms with van der Waals surface area (Å²) in [4.78, 5) is 50.6. The molecule has 2 amide bonds. The standard InChI is InChI=1S/C24H34N2O6/c1-7-15(3)25-20(28)19(27)17-14-16(24(12-9-13-24)21(29)31-8-2)10-11-18(17)26-22(30)32-23(4,5)6/h10-11,14-15H,7-9,12-13H2,1-6H3,(H,25,28)(H,26,30). The first-order valence-electron chi connectivity index (χ1n) is 11.1. The normalized spacial score (nSPS) is 15.7. The summed E-state index contributed by atoms with van der Waals surface area (Å²) in [5.74, 6) is -1.92. The molecule has 32 heavy (non-hydrogen) atoms. The molecule has 0 radical (unpaired) electrons. The Morgan fingerprint density at radius 3 is 2.28 bits per heavy atom. The molecule has 0 spiro atoms. The van der Waals surface area contributed by atoms with Gasteiger partial charge in [0.15, 0.2) is 0 Å². The molecule has 176 valence electrons. The van der Waals surface area contributed by atoms with E-state index in [4.69, 9.17) is 9.47 Å². The number of ketones is 1. The van der Waals surface area contributed by atoms with Crippen LogP contribution < -0.4 is 10.6 Å². The predicted molar refractivity (Wildman–Crippen MR) is 121 cm³/mol. The first-order valence-corrected chi connectivity index (χ1v) is 11.1. The van der Waals surface area contributed by atoms with Gasteiger partial charge in [-0.3, -0.25) is 19.7 Å². The lowest BCUT2D eigenvalue weighted by Crippen LogP contribution is -2.44. The second kappa shape index (κ2) is 10.1. The highest BCUT2D eigenvalue weighted by Gasteiger charge is 2.47. The first kappa shape index (κ1) is 25.4. The average molecular weight is 447 g/mol. The Morgan fingerprint density at radius 2 is 1.78 bits per heavy atom. The molecule has 2 rings (SSSR count). The number of hydrogen-bond donors (Lipinski definition) is 2. The van der Waals surface area contributed by atoms with Crippen molar-refractivity contribution >= 4 is 29.4 Å². The summed E-state index contributed by atoms with van der Waals surface area (Å²) in [5.41, 5.74) is -0.836. The molecule has 1 aromatic carbocycles. The van der Waals surface area contributed by atoms with Crippen LogP contribution in [0.5, 0.6) is 0 Å². The monoisotopic (exact) mass is 446 g/mol. The summed E-state index contributed by atoms with van der Waals surface area (Å²) in [5, 5.41) is 5.21. The summed E-state index contributed by atoms with van der Waals surface area (Å²) in [6.45, 7) is 10.9. The number of Topliss-reactive ketones (excluding diaryl/α,β-unsaturated/α-hetero) is 1. The molecule has 8 nitrogen and oxygen atoms in total. The minimum atomic E-state index is -0.845. The molecule has 1 fully saturated rings. The van der Waals surface area contributed by atoms with E-state index in [-0.39, 0.29) is 29.9 Å². The average Bonchev–Trinajstić information content (AvgIpc) is 2.66. The number of carbonyl (C=O) groups excluding carboxylic acids is 4. The lowest BCUT2D eigenvalue weighted by atomic mass is 9.64. The van der Waals surface area contributed by atoms with Crippen molar-refractivity contribution in [1.82, 2.24) is 5.32 Å². The number of ether oxygens (including phenoxy) is 2. The zero-order valence-electron chi connectivity index (χ0n) is 19.8. The third-order valence-corrected chi connectivity index (χ3v) is 5.52. The van der Waals surface area contributed by atoms with Gasteiger partial charge in [-0.15, -0.1) is 0 Å². The van der Waals surface area contributed by atoms with Gasteiger partial charge in [0.25, 0.3) is 11.7 Å². The maximum Gasteiger partial charge on any atom is 0.412 e. The number of nitrogens with one attached hydrogen (secondary N) is 2. The van der Waals surface area contributed by atoms with Crippen LogP contribution in [0.15, 0.2) is 18.2 Å². The summed E-state index contributed by atoms with van der Waals surface area (Å²) >= 11 is 0. The number of esters is 1. The Hall–Kier alpha value is -2.90. The molecule has 1 unspecified atom stereocenters. The van der Waals surface area contributed by atoms with Gasteiger partial charge in [-0.1, -0.05) is 19.4 Å². The van der Waals surface area contributed by atoms with Crippen molar-refractivity contribution in [2.45, 2.75) is 84.3 Å². The lowest BCUT2D eigenvalue weighted by Gasteiger charge is -2.40. The van der Waals surface area contributed by atoms with E-state index >= 15 is 0 Å². The molecule has 1 aliphatic rings. The van der Waals surface area contributed by atoms with Crippen molar-refractivity contribution < 1.29 is 28.7 Å². The minimum Gasteiger partial charge on any atom is -0.465 e. The van der Waals surface area contributed by atoms with Crippen molar-refractivity contribution in [3.63, 3.8) is 0 Å². The largest absolute Gasteiger partial charge is 0.465 e. The predicted octanol–water partition coefficient (Wildman–Crippen LogP) is 4.12. The van der Waals surface area contributed by atoms with Crippen molar-refractivity contribution in [2.24, 2.45) is 0 Å². The molecule has 8 heteroatoms. The summed E-state index contributed by atoms with van der Waals surface area (Å²) in [7, 11) is 0. The maximum atomic E-state index is 13.0. The Kier molecular flexibility index (Phi) is 8.04. The molecule has 1 saturated carbocycles. The van der Waals surface area contributed by atoms with Gasteiger partial charge in [-0.2, -0.15) is 0 Å². The molecule has 0 aliphatic heterocycles. The summed E-state index contributed by atoms with van der Waals surface area (Å²) in [6.07, 6.45) is 1.96. The van der Waals surface area contributed by atoms with Gasteiger partial charge in [-0.05, 0) is 71.6 Å². The van der Waals surface area contributed by atoms with Crippen molar-refractivity contribution in [3.8, 4) is 0 Å². The van der Waals surface area contributed by atoms with Crippen molar-refractivity contribution in [3.05, 3.63) is 29.3 Å². The topological polar surface area (TPSA) is 111 Å². The Bertz CT molecular complexity index is 883. The molecule has 1 aliphatic carbocycles. The van der Waals surface area contributed by atoms with Crippen molar-refractivity contribution in [1.29, 1.82) is 0 Å². The van der Waals surface area contributed by atoms with E-state index in [1.807, 2.05) is 6.92 Å². The summed E-state index contributed by atoms with van der Waals surface area (Å²) < 4.78 is 10.6. The van der Waals surface area contributed by atoms with Gasteiger partial charge in [0, 0.05) is 6.04 Å². The van der Waals surface area contributed by atoms with E-state index in [0.717, 1.165) is 6.42 Å². The van der Waals surface area contributed by atoms with Gasteiger partial charge < -0.3 is 14.8 Å². The molecule has 0 aromatic heterocycles. The van der Waals surface area contributed by atoms with Gasteiger partial charge in [0.05, 0.1) is 23.3 Å². The summed E-state index contributed by atoms with van der Waals surface area (Å²) in [6, 6.07) is 4.55. The maximum absolute atomic E-state index is 13.0. The second-order valence-electron chi connectivity index (χ2n) is 9.16. The third kappa shape index (κ3) is 5.87. The van der Waals surface area contributed by atoms with Crippen LogP contribution in [0.1, 0.15) is 83.1 Å². The smallest absolute Gasteiger partial charge is 0.412 e. The highest BCUT2D eigenvalue weighted by molar-refractivity contribution is 6.44. The molecular weight excluding hydrogens is 412 g/mol. The highest BCUT2D eigenvalue weighted by atomic mass is 16.6. The van der Waals surface area contributed by atoms with Crippen LogP contribution in [-0.4, -0.2) is 42.0 Å². The van der Waals surface area contributed by atoms with Crippen LogP contribution >= 0.6 is 0 Å². The van der Waals surface area contributed by atoms with Gasteiger partial charge >= 0.3 is 12.1 Å². The molecule has 0 heterocycles. The van der Waals surface area contributed by atoms with Crippen LogP contribution in [0.2, 0.25) is 0 Å². The van der Waals surface area contributed by atoms with E-state index in [1.165, 1.54) is 12.1 Å². The highest BCUT2D eigenvalue weighted by Crippen LogP contribution is 2.45. The molecule has 1 aromatic rings. The fraction of sp³-hybridized carbons (Fsp3) is 0.583. The van der Waals surface area contributed by atoms with Crippen LogP contribution in [0.3, 0.4) is 0 Å². The Balaban J connectivity index is 2.45. The van der Waals surface area contributed by atoms with Gasteiger partial charge in [0.2, 0.25) is 0 Å². The Labute approximate surface area is 189 Å². The van der Waals surface area contributed by atoms with Crippen LogP contribution in [-0.2, 0) is 24.5 Å².